The molecule has 2 aromatic rings. The average Bonchev–Trinajstić information content (AvgIpc) is 2.83. The van der Waals surface area contributed by atoms with Crippen LogP contribution in [0.1, 0.15) is 27.9 Å². The largest absolute Gasteiger partial charge is 0.355 e. The number of rotatable bonds is 5. The van der Waals surface area contributed by atoms with Gasteiger partial charge in [-0.15, -0.1) is 11.3 Å². The molecule has 2 N–H and O–H groups in total. The lowest BCUT2D eigenvalue weighted by Gasteiger charge is -2.06. The number of nitrogens with zero attached hydrogens (tertiary/aromatic N) is 1. The molecule has 116 valence electrons. The first kappa shape index (κ1) is 16.2. The van der Waals surface area contributed by atoms with E-state index in [0.29, 0.717) is 18.7 Å². The van der Waals surface area contributed by atoms with Crippen LogP contribution in [0.4, 0.5) is 0 Å². The molecule has 0 saturated heterocycles. The number of aromatic nitrogens is 1. The molecule has 22 heavy (non-hydrogen) atoms. The molecule has 0 unspecified atom stereocenters. The average molecular weight is 317 g/mol. The third-order valence-corrected chi connectivity index (χ3v) is 4.31. The van der Waals surface area contributed by atoms with Gasteiger partial charge in [0.2, 0.25) is 5.91 Å². The van der Waals surface area contributed by atoms with Crippen LogP contribution in [0.25, 0.3) is 10.6 Å². The number of amides is 2. The Kier molecular flexibility index (Phi) is 5.27. The van der Waals surface area contributed by atoms with Crippen LogP contribution < -0.4 is 10.6 Å². The Morgan fingerprint density at radius 3 is 2.55 bits per heavy atom. The van der Waals surface area contributed by atoms with Gasteiger partial charge in [0, 0.05) is 36.0 Å². The molecule has 0 aliphatic rings. The summed E-state index contributed by atoms with van der Waals surface area (Å²) in [6, 6.07) is 7.41. The number of thiazole rings is 1. The number of aryl methyl sites for hydroxylation is 2. The number of carbonyl (C=O) groups is 2. The monoisotopic (exact) mass is 317 g/mol. The molecule has 6 heteroatoms. The summed E-state index contributed by atoms with van der Waals surface area (Å²) in [5, 5.41) is 6.33. The maximum Gasteiger partial charge on any atom is 0.251 e. The van der Waals surface area contributed by atoms with Gasteiger partial charge in [-0.3, -0.25) is 9.59 Å². The van der Waals surface area contributed by atoms with Gasteiger partial charge in [-0.25, -0.2) is 4.98 Å². The molecule has 0 fully saturated rings. The molecule has 0 bridgehead atoms. The lowest BCUT2D eigenvalue weighted by Crippen LogP contribution is -2.33. The minimum absolute atomic E-state index is 0.106. The van der Waals surface area contributed by atoms with E-state index in [1.807, 2.05) is 32.0 Å². The third kappa shape index (κ3) is 4.14. The van der Waals surface area contributed by atoms with E-state index in [9.17, 15) is 9.59 Å². The van der Waals surface area contributed by atoms with Crippen molar-refractivity contribution in [2.75, 3.05) is 13.1 Å². The quantitative estimate of drug-likeness (QED) is 0.831. The zero-order valence-corrected chi connectivity index (χ0v) is 13.7. The van der Waals surface area contributed by atoms with Crippen molar-refractivity contribution in [1.82, 2.24) is 15.6 Å². The molecule has 2 rings (SSSR count). The Bertz CT molecular complexity index is 675. The van der Waals surface area contributed by atoms with Gasteiger partial charge in [0.05, 0.1) is 5.69 Å². The molecule has 0 saturated carbocycles. The molecule has 0 atom stereocenters. The van der Waals surface area contributed by atoms with Crippen molar-refractivity contribution in [3.8, 4) is 10.6 Å². The number of nitrogens with one attached hydrogen (secondary N) is 2. The van der Waals surface area contributed by atoms with Gasteiger partial charge < -0.3 is 10.6 Å². The second-order valence-corrected chi connectivity index (χ2v) is 6.18. The minimum atomic E-state index is -0.155. The second-order valence-electron chi connectivity index (χ2n) is 4.98. The molecule has 0 aliphatic carbocycles. The summed E-state index contributed by atoms with van der Waals surface area (Å²) in [4.78, 5) is 28.6. The summed E-state index contributed by atoms with van der Waals surface area (Å²) in [6.45, 7) is 6.29. The maximum absolute atomic E-state index is 12.1. The first-order chi connectivity index (χ1) is 10.5. The van der Waals surface area contributed by atoms with Gasteiger partial charge in [0.1, 0.15) is 5.01 Å². The van der Waals surface area contributed by atoms with Crippen molar-refractivity contribution in [2.24, 2.45) is 0 Å². The summed E-state index contributed by atoms with van der Waals surface area (Å²) in [5.74, 6) is -0.261. The van der Waals surface area contributed by atoms with Gasteiger partial charge in [-0.2, -0.15) is 0 Å². The Morgan fingerprint density at radius 1 is 1.18 bits per heavy atom. The van der Waals surface area contributed by atoms with Gasteiger partial charge in [0.25, 0.3) is 5.91 Å². The molecule has 1 heterocycles. The van der Waals surface area contributed by atoms with Crippen LogP contribution in [0.15, 0.2) is 24.3 Å². The molecule has 1 aromatic carbocycles. The fraction of sp³-hybridized carbons (Fsp3) is 0.312. The molecule has 0 aliphatic heterocycles. The van der Waals surface area contributed by atoms with Crippen molar-refractivity contribution in [2.45, 2.75) is 20.8 Å². The fourth-order valence-corrected chi connectivity index (χ4v) is 2.82. The summed E-state index contributed by atoms with van der Waals surface area (Å²) >= 11 is 1.62. The molecule has 0 radical (unpaired) electrons. The van der Waals surface area contributed by atoms with Crippen LogP contribution in [0.2, 0.25) is 0 Å². The summed E-state index contributed by atoms with van der Waals surface area (Å²) in [7, 11) is 0. The smallest absolute Gasteiger partial charge is 0.251 e. The standard InChI is InChI=1S/C16H19N3O2S/c1-10-11(2)22-16(19-10)14-6-4-5-13(9-14)15(21)18-8-7-17-12(3)20/h4-6,9H,7-8H2,1-3H3,(H,17,20)(H,18,21). The number of benzene rings is 1. The number of carbonyl (C=O) groups excluding carboxylic acids is 2. The Morgan fingerprint density at radius 2 is 1.91 bits per heavy atom. The lowest BCUT2D eigenvalue weighted by molar-refractivity contribution is -0.118. The van der Waals surface area contributed by atoms with Crippen molar-refractivity contribution in [3.05, 3.63) is 40.4 Å². The summed E-state index contributed by atoms with van der Waals surface area (Å²) in [6.07, 6.45) is 0. The summed E-state index contributed by atoms with van der Waals surface area (Å²) in [5.41, 5.74) is 2.55. The van der Waals surface area contributed by atoms with E-state index in [4.69, 9.17) is 0 Å². The second kappa shape index (κ2) is 7.17. The highest BCUT2D eigenvalue weighted by molar-refractivity contribution is 7.15. The van der Waals surface area contributed by atoms with Crippen molar-refractivity contribution in [1.29, 1.82) is 0 Å². The normalized spacial score (nSPS) is 10.3. The van der Waals surface area contributed by atoms with Crippen molar-refractivity contribution < 1.29 is 9.59 Å². The van der Waals surface area contributed by atoms with E-state index in [2.05, 4.69) is 15.6 Å². The van der Waals surface area contributed by atoms with Gasteiger partial charge in [-0.05, 0) is 26.0 Å². The number of hydrogen-bond acceptors (Lipinski definition) is 4. The Hall–Kier alpha value is -2.21. The van der Waals surface area contributed by atoms with Crippen LogP contribution >= 0.6 is 11.3 Å². The first-order valence-corrected chi connectivity index (χ1v) is 7.86. The first-order valence-electron chi connectivity index (χ1n) is 7.04. The molecule has 0 spiro atoms. The van der Waals surface area contributed by atoms with Gasteiger partial charge in [0.15, 0.2) is 0 Å². The van der Waals surface area contributed by atoms with Gasteiger partial charge >= 0.3 is 0 Å². The lowest BCUT2D eigenvalue weighted by atomic mass is 10.1. The molecule has 1 aromatic heterocycles. The third-order valence-electron chi connectivity index (χ3n) is 3.18. The molecule has 5 nitrogen and oxygen atoms in total. The van der Waals surface area contributed by atoms with Crippen LogP contribution in [0.5, 0.6) is 0 Å². The van der Waals surface area contributed by atoms with E-state index >= 15 is 0 Å². The summed E-state index contributed by atoms with van der Waals surface area (Å²) < 4.78 is 0. The van der Waals surface area contributed by atoms with Crippen molar-refractivity contribution >= 4 is 23.2 Å². The van der Waals surface area contributed by atoms with Crippen LogP contribution in [-0.4, -0.2) is 29.9 Å². The van der Waals surface area contributed by atoms with E-state index in [1.165, 1.54) is 11.8 Å². The Labute approximate surface area is 133 Å². The Balaban J connectivity index is 2.04. The number of hydrogen-bond donors (Lipinski definition) is 2. The highest BCUT2D eigenvalue weighted by Crippen LogP contribution is 2.27. The van der Waals surface area contributed by atoms with Gasteiger partial charge in [-0.1, -0.05) is 12.1 Å². The SMILES string of the molecule is CC(=O)NCCNC(=O)c1cccc(-c2nc(C)c(C)s2)c1. The minimum Gasteiger partial charge on any atom is -0.355 e. The zero-order chi connectivity index (χ0) is 16.1. The van der Waals surface area contributed by atoms with Crippen molar-refractivity contribution in [3.63, 3.8) is 0 Å². The van der Waals surface area contributed by atoms with Crippen LogP contribution in [-0.2, 0) is 4.79 Å². The van der Waals surface area contributed by atoms with E-state index in [-0.39, 0.29) is 11.8 Å². The highest BCUT2D eigenvalue weighted by atomic mass is 32.1. The van der Waals surface area contributed by atoms with E-state index < -0.39 is 0 Å². The van der Waals surface area contributed by atoms with Crippen LogP contribution in [0, 0.1) is 13.8 Å². The molecular formula is C16H19N3O2S. The topological polar surface area (TPSA) is 71.1 Å². The molecular weight excluding hydrogens is 298 g/mol. The molecule has 2 amide bonds. The van der Waals surface area contributed by atoms with Crippen LogP contribution in [0.3, 0.4) is 0 Å². The maximum atomic E-state index is 12.1. The van der Waals surface area contributed by atoms with E-state index in [0.717, 1.165) is 16.3 Å². The van der Waals surface area contributed by atoms with E-state index in [1.54, 1.807) is 17.4 Å². The highest BCUT2D eigenvalue weighted by Gasteiger charge is 2.10. The zero-order valence-electron chi connectivity index (χ0n) is 12.9. The fourth-order valence-electron chi connectivity index (χ4n) is 1.91. The predicted molar refractivity (Wildman–Crippen MR) is 88.0 cm³/mol. The predicted octanol–water partition coefficient (Wildman–Crippen LogP) is 2.29.